The van der Waals surface area contributed by atoms with Gasteiger partial charge < -0.3 is 24.4 Å². The number of carbonyl (C=O) groups is 4. The smallest absolute Gasteiger partial charge is 0.226 e. The minimum Gasteiger partial charge on any atom is -0.388 e. The number of likely N-dealkylation sites (N-methyl/N-ethyl adjacent to an activating group) is 2. The Balaban J connectivity index is 2.27. The highest BCUT2D eigenvalue weighted by atomic mass is 16.5. The van der Waals surface area contributed by atoms with Crippen LogP contribution >= 0.6 is 0 Å². The van der Waals surface area contributed by atoms with Gasteiger partial charge in [-0.1, -0.05) is 92.1 Å². The summed E-state index contributed by atoms with van der Waals surface area (Å²) in [6, 6.07) is 8.58. The standard InChI is InChI=1S/C44H75N3O7/c1-15-30(8)41(46(12)44(52)34(27(2)3)25-37(49)40(28(4)5)45(11)29(6)7)38(53-13)26-39(50)47-23-19-22-35(47)43(54-14)32(10)36(48)24-31(9)42(51)33-20-17-16-18-21-33/h16-18,20-21,27-32,34-35,38,40-43,51H,15,19,22-26H2,1-14H3/t30-,31-,32-,34?,35-,38+,40-,41-,42+,43+/m0/s1. The van der Waals surface area contributed by atoms with E-state index in [0.29, 0.717) is 13.0 Å². The SMILES string of the molecule is CC[C@H](C)[C@@H]([C@@H](CC(=O)N1CCC[C@H]1[C@H](OC)[C@@H](C)C(=O)C[C@H](C)[C@@H](O)c1ccccc1)OC)N(C)C(=O)C(CC(=O)[C@H](C(C)C)N(C)C(C)C)C(C)C. The Bertz CT molecular complexity index is 1320. The maximum Gasteiger partial charge on any atom is 0.226 e. The molecule has 1 N–H and O–H groups in total. The van der Waals surface area contributed by atoms with Crippen LogP contribution in [0.2, 0.25) is 0 Å². The Morgan fingerprint density at radius 3 is 1.94 bits per heavy atom. The van der Waals surface area contributed by atoms with Crippen molar-refractivity contribution in [3.63, 3.8) is 0 Å². The van der Waals surface area contributed by atoms with Gasteiger partial charge in [0, 0.05) is 58.5 Å². The lowest BCUT2D eigenvalue weighted by Gasteiger charge is -2.41. The molecule has 54 heavy (non-hydrogen) atoms. The molecule has 10 atom stereocenters. The van der Waals surface area contributed by atoms with Gasteiger partial charge in [0.05, 0.1) is 42.9 Å². The number of hydrogen-bond acceptors (Lipinski definition) is 8. The molecule has 0 spiro atoms. The Morgan fingerprint density at radius 1 is 0.833 bits per heavy atom. The summed E-state index contributed by atoms with van der Waals surface area (Å²) in [5.74, 6) is -1.37. The molecule has 2 rings (SSSR count). The van der Waals surface area contributed by atoms with Crippen molar-refractivity contribution < 1.29 is 33.8 Å². The highest BCUT2D eigenvalue weighted by Crippen LogP contribution is 2.33. The number of hydrogen-bond donors (Lipinski definition) is 1. The van der Waals surface area contributed by atoms with Crippen LogP contribution in [0.1, 0.15) is 119 Å². The fraction of sp³-hybridized carbons (Fsp3) is 0.773. The molecule has 1 aromatic rings. The largest absolute Gasteiger partial charge is 0.388 e. The lowest BCUT2D eigenvalue weighted by molar-refractivity contribution is -0.149. The Kier molecular flexibility index (Phi) is 19.5. The zero-order chi connectivity index (χ0) is 41.0. The molecule has 1 fully saturated rings. The third-order valence-corrected chi connectivity index (χ3v) is 12.3. The van der Waals surface area contributed by atoms with Gasteiger partial charge in [-0.2, -0.15) is 0 Å². The van der Waals surface area contributed by atoms with E-state index in [1.807, 2.05) is 70.0 Å². The maximum absolute atomic E-state index is 14.4. The van der Waals surface area contributed by atoms with Crippen LogP contribution in [-0.4, -0.2) is 114 Å². The van der Waals surface area contributed by atoms with Gasteiger partial charge in [-0.3, -0.25) is 24.1 Å². The topological polar surface area (TPSA) is 117 Å². The quantitative estimate of drug-likeness (QED) is 0.129. The van der Waals surface area contributed by atoms with Crippen LogP contribution in [0.15, 0.2) is 30.3 Å². The molecule has 308 valence electrons. The minimum atomic E-state index is -0.762. The number of nitrogens with zero attached hydrogens (tertiary/aromatic N) is 3. The first-order valence-electron chi connectivity index (χ1n) is 20.5. The molecular weight excluding hydrogens is 682 g/mol. The number of ether oxygens (including phenoxy) is 2. The third-order valence-electron chi connectivity index (χ3n) is 12.3. The van der Waals surface area contributed by atoms with E-state index in [1.54, 1.807) is 26.2 Å². The van der Waals surface area contributed by atoms with E-state index in [9.17, 15) is 24.3 Å². The molecule has 1 saturated heterocycles. The van der Waals surface area contributed by atoms with Crippen molar-refractivity contribution in [2.75, 3.05) is 34.9 Å². The molecule has 0 radical (unpaired) electrons. The molecule has 1 aromatic carbocycles. The first-order valence-corrected chi connectivity index (χ1v) is 20.5. The lowest BCUT2D eigenvalue weighted by atomic mass is 9.83. The maximum atomic E-state index is 14.4. The van der Waals surface area contributed by atoms with Gasteiger partial charge in [-0.05, 0) is 63.0 Å². The van der Waals surface area contributed by atoms with Gasteiger partial charge in [-0.15, -0.1) is 0 Å². The predicted octanol–water partition coefficient (Wildman–Crippen LogP) is 6.83. The number of amides is 2. The molecule has 10 heteroatoms. The van der Waals surface area contributed by atoms with Gasteiger partial charge >= 0.3 is 0 Å². The van der Waals surface area contributed by atoms with E-state index < -0.39 is 36.2 Å². The van der Waals surface area contributed by atoms with E-state index >= 15 is 0 Å². The second-order valence-electron chi connectivity index (χ2n) is 17.1. The molecule has 10 nitrogen and oxygen atoms in total. The number of rotatable bonds is 23. The number of methoxy groups -OCH3 is 2. The van der Waals surface area contributed by atoms with Crippen molar-refractivity contribution in [3.05, 3.63) is 35.9 Å². The van der Waals surface area contributed by atoms with E-state index in [1.165, 1.54) is 0 Å². The number of Topliss-reactive ketones (excluding diaryl/α,β-unsaturated/α-hetero) is 2. The predicted molar refractivity (Wildman–Crippen MR) is 216 cm³/mol. The number of aliphatic hydroxyl groups excluding tert-OH is 1. The van der Waals surface area contributed by atoms with Crippen molar-refractivity contribution in [2.24, 2.45) is 35.5 Å². The molecule has 0 aromatic heterocycles. The minimum absolute atomic E-state index is 0.0101. The first kappa shape index (κ1) is 47.5. The summed E-state index contributed by atoms with van der Waals surface area (Å²) in [4.78, 5) is 61.8. The lowest BCUT2D eigenvalue weighted by Crippen LogP contribution is -2.54. The summed E-state index contributed by atoms with van der Waals surface area (Å²) in [6.45, 7) is 20.7. The van der Waals surface area contributed by atoms with Crippen molar-refractivity contribution in [1.82, 2.24) is 14.7 Å². The van der Waals surface area contributed by atoms with Crippen LogP contribution in [0.4, 0.5) is 0 Å². The number of benzene rings is 1. The van der Waals surface area contributed by atoms with Crippen LogP contribution in [0.5, 0.6) is 0 Å². The van der Waals surface area contributed by atoms with Gasteiger partial charge in [0.15, 0.2) is 5.78 Å². The van der Waals surface area contributed by atoms with Crippen LogP contribution in [0, 0.1) is 35.5 Å². The molecule has 1 aliphatic heterocycles. The normalized spacial score (nSPS) is 20.1. The highest BCUT2D eigenvalue weighted by Gasteiger charge is 2.43. The van der Waals surface area contributed by atoms with E-state index in [-0.39, 0.29) is 84.4 Å². The molecular formula is C44H75N3O7. The fourth-order valence-corrected chi connectivity index (χ4v) is 8.53. The summed E-state index contributed by atoms with van der Waals surface area (Å²) in [5, 5.41) is 10.9. The van der Waals surface area contributed by atoms with Crippen molar-refractivity contribution >= 4 is 23.4 Å². The molecule has 2 amide bonds. The van der Waals surface area contributed by atoms with Gasteiger partial charge in [-0.25, -0.2) is 0 Å². The average molecular weight is 758 g/mol. The molecule has 1 unspecified atom stereocenters. The molecule has 0 bridgehead atoms. The number of ketones is 2. The average Bonchev–Trinajstić information content (AvgIpc) is 3.62. The Morgan fingerprint density at radius 2 is 1.44 bits per heavy atom. The van der Waals surface area contributed by atoms with E-state index in [2.05, 4.69) is 46.4 Å². The summed E-state index contributed by atoms with van der Waals surface area (Å²) in [6.07, 6.45) is 0.832. The Hall–Kier alpha value is -2.66. The van der Waals surface area contributed by atoms with Gasteiger partial charge in [0.2, 0.25) is 11.8 Å². The number of aliphatic hydroxyl groups is 1. The monoisotopic (exact) mass is 758 g/mol. The van der Waals surface area contributed by atoms with E-state index in [4.69, 9.17) is 9.47 Å². The third kappa shape index (κ3) is 12.2. The zero-order valence-electron chi connectivity index (χ0n) is 36.1. The molecule has 0 saturated carbocycles. The second kappa shape index (κ2) is 22.2. The number of carbonyl (C=O) groups excluding carboxylic acids is 4. The van der Waals surface area contributed by atoms with Crippen molar-refractivity contribution in [2.45, 2.75) is 150 Å². The van der Waals surface area contributed by atoms with Crippen molar-refractivity contribution in [3.8, 4) is 0 Å². The molecule has 1 heterocycles. The van der Waals surface area contributed by atoms with E-state index in [0.717, 1.165) is 18.4 Å². The Labute approximate surface area is 327 Å². The highest BCUT2D eigenvalue weighted by molar-refractivity contribution is 5.90. The molecule has 1 aliphatic rings. The summed E-state index contributed by atoms with van der Waals surface area (Å²) in [5.41, 5.74) is 0.777. The second-order valence-corrected chi connectivity index (χ2v) is 17.1. The van der Waals surface area contributed by atoms with Crippen LogP contribution < -0.4 is 0 Å². The van der Waals surface area contributed by atoms with Crippen LogP contribution in [-0.2, 0) is 28.7 Å². The van der Waals surface area contributed by atoms with Crippen molar-refractivity contribution in [1.29, 1.82) is 0 Å². The zero-order valence-corrected chi connectivity index (χ0v) is 36.1. The van der Waals surface area contributed by atoms with Crippen LogP contribution in [0.3, 0.4) is 0 Å². The number of likely N-dealkylation sites (tertiary alicyclic amines) is 1. The summed E-state index contributed by atoms with van der Waals surface area (Å²) in [7, 11) is 6.95. The summed E-state index contributed by atoms with van der Waals surface area (Å²) < 4.78 is 12.0. The van der Waals surface area contributed by atoms with Gasteiger partial charge in [0.25, 0.3) is 0 Å². The summed E-state index contributed by atoms with van der Waals surface area (Å²) >= 11 is 0. The molecule has 0 aliphatic carbocycles. The van der Waals surface area contributed by atoms with Gasteiger partial charge in [0.1, 0.15) is 5.78 Å². The fourth-order valence-electron chi connectivity index (χ4n) is 8.53. The first-order chi connectivity index (χ1) is 25.3. The van der Waals surface area contributed by atoms with Crippen LogP contribution in [0.25, 0.3) is 0 Å².